The van der Waals surface area contributed by atoms with Gasteiger partial charge in [-0.15, -0.1) is 0 Å². The fourth-order valence-electron chi connectivity index (χ4n) is 4.32. The third-order valence-electron chi connectivity index (χ3n) is 6.23. The standard InChI is InChI=1S/C27H32N2O6S2.Na/c1-5-28(6-2)22-13-9-20(10-14-22)27(21-11-15-23(16-12-21)29(7-3)8-4)25-19-24(37(31,32)33)17-18-26(25)36-35-34-30;/h9-19H,5-8H2,1-4H3,(H-,30,31,32,33);/q;+1/p-1. The Bertz CT molecular complexity index is 1310. The van der Waals surface area contributed by atoms with E-state index in [0.29, 0.717) is 28.1 Å². The van der Waals surface area contributed by atoms with Gasteiger partial charge in [-0.1, -0.05) is 12.1 Å². The third kappa shape index (κ3) is 7.91. The van der Waals surface area contributed by atoms with Crippen molar-refractivity contribution in [3.05, 3.63) is 83.5 Å². The van der Waals surface area contributed by atoms with Crippen LogP contribution in [0.4, 0.5) is 5.69 Å². The van der Waals surface area contributed by atoms with Gasteiger partial charge in [-0.25, -0.2) is 13.0 Å². The molecule has 0 N–H and O–H groups in total. The van der Waals surface area contributed by atoms with E-state index in [1.54, 1.807) is 0 Å². The van der Waals surface area contributed by atoms with Gasteiger partial charge in [0, 0.05) is 41.4 Å². The second-order valence-electron chi connectivity index (χ2n) is 8.14. The fraction of sp³-hybridized carbons (Fsp3) is 0.296. The smallest absolute Gasteiger partial charge is 0.744 e. The molecule has 8 nitrogen and oxygen atoms in total. The quantitative estimate of drug-likeness (QED) is 0.0995. The predicted octanol–water partition coefficient (Wildman–Crippen LogP) is 1.09. The van der Waals surface area contributed by atoms with Crippen molar-refractivity contribution in [2.45, 2.75) is 37.5 Å². The molecule has 0 amide bonds. The van der Waals surface area contributed by atoms with Crippen LogP contribution in [0.15, 0.2) is 82.1 Å². The first kappa shape index (κ1) is 32.5. The number of nitrogens with zero attached hydrogens (tertiary/aromatic N) is 2. The second kappa shape index (κ2) is 15.2. The van der Waals surface area contributed by atoms with E-state index in [2.05, 4.69) is 46.5 Å². The zero-order valence-corrected chi connectivity index (χ0v) is 26.0. The summed E-state index contributed by atoms with van der Waals surface area (Å²) in [6.45, 7) is 11.8. The minimum atomic E-state index is -4.73. The summed E-state index contributed by atoms with van der Waals surface area (Å²) in [5.41, 5.74) is 4.82. The minimum absolute atomic E-state index is 0. The molecule has 0 unspecified atom stereocenters. The molecule has 0 heterocycles. The molecule has 0 spiro atoms. The average molecular weight is 567 g/mol. The Balaban J connectivity index is 0.00000507. The van der Waals surface area contributed by atoms with Crippen LogP contribution >= 0.6 is 12.0 Å². The second-order valence-corrected chi connectivity index (χ2v) is 10.3. The Morgan fingerprint density at radius 1 is 0.947 bits per heavy atom. The summed E-state index contributed by atoms with van der Waals surface area (Å²) in [7, 11) is -4.73. The van der Waals surface area contributed by atoms with Crippen LogP contribution in [0.25, 0.3) is 5.57 Å². The summed E-state index contributed by atoms with van der Waals surface area (Å²) in [6, 6.07) is 11.9. The molecule has 3 rings (SSSR count). The van der Waals surface area contributed by atoms with Crippen LogP contribution in [-0.4, -0.2) is 49.4 Å². The van der Waals surface area contributed by atoms with Gasteiger partial charge in [0.2, 0.25) is 0 Å². The Morgan fingerprint density at radius 2 is 1.55 bits per heavy atom. The maximum Gasteiger partial charge on any atom is 1.00 e. The van der Waals surface area contributed by atoms with Gasteiger partial charge in [0.1, 0.15) is 23.2 Å². The number of rotatable bonds is 11. The molecule has 0 aromatic heterocycles. The van der Waals surface area contributed by atoms with Gasteiger partial charge in [-0.3, -0.25) is 5.04 Å². The van der Waals surface area contributed by atoms with E-state index in [1.165, 1.54) is 18.2 Å². The molecular formula is C27H31N2NaO6S2. The maximum atomic E-state index is 11.9. The van der Waals surface area contributed by atoms with Crippen molar-refractivity contribution in [3.63, 3.8) is 0 Å². The summed E-state index contributed by atoms with van der Waals surface area (Å²) < 4.78 is 42.5. The number of hydrogen-bond acceptors (Lipinski definition) is 8. The molecule has 0 bridgehead atoms. The molecule has 11 heteroatoms. The Hall–Kier alpha value is -1.73. The van der Waals surface area contributed by atoms with E-state index in [-0.39, 0.29) is 34.5 Å². The molecule has 2 aromatic carbocycles. The molecule has 0 saturated heterocycles. The molecule has 38 heavy (non-hydrogen) atoms. The molecule has 0 saturated carbocycles. The normalized spacial score (nSPS) is 12.9. The summed E-state index contributed by atoms with van der Waals surface area (Å²) in [5, 5.41) is 14.1. The van der Waals surface area contributed by atoms with Crippen LogP contribution in [0.1, 0.15) is 38.8 Å². The zero-order valence-electron chi connectivity index (χ0n) is 22.3. The van der Waals surface area contributed by atoms with E-state index in [9.17, 15) is 18.2 Å². The zero-order chi connectivity index (χ0) is 27.0. The van der Waals surface area contributed by atoms with E-state index < -0.39 is 10.1 Å². The number of hydrogen-bond donors (Lipinski definition) is 0. The number of benzene rings is 2. The minimum Gasteiger partial charge on any atom is -0.744 e. The van der Waals surface area contributed by atoms with Crippen molar-refractivity contribution in [1.82, 2.24) is 0 Å². The average Bonchev–Trinajstić information content (AvgIpc) is 2.90. The van der Waals surface area contributed by atoms with Gasteiger partial charge in [-0.05, 0) is 86.9 Å². The molecular weight excluding hydrogens is 535 g/mol. The topological polar surface area (TPSA) is 105 Å². The maximum absolute atomic E-state index is 11.9. The van der Waals surface area contributed by atoms with Crippen LogP contribution in [0, 0.1) is 0 Å². The first-order chi connectivity index (χ1) is 17.8. The van der Waals surface area contributed by atoms with Gasteiger partial charge < -0.3 is 14.7 Å². The van der Waals surface area contributed by atoms with Crippen molar-refractivity contribution in [2.75, 3.05) is 31.1 Å². The third-order valence-corrected chi connectivity index (χ3v) is 7.72. The Morgan fingerprint density at radius 3 is 2.05 bits per heavy atom. The molecule has 0 atom stereocenters. The van der Waals surface area contributed by atoms with Gasteiger partial charge >= 0.3 is 29.6 Å². The SMILES string of the molecule is CCN(CC)c1ccc(C(=C2C=CC(=[N+](CC)CC)C=C2)c2cc(S(=O)(=O)[O-])ccc2SOO[O-])cc1.[Na+]. The monoisotopic (exact) mass is 566 g/mol. The molecule has 198 valence electrons. The van der Waals surface area contributed by atoms with Crippen molar-refractivity contribution in [1.29, 1.82) is 0 Å². The molecule has 0 fully saturated rings. The van der Waals surface area contributed by atoms with Crippen molar-refractivity contribution in [3.8, 4) is 0 Å². The van der Waals surface area contributed by atoms with E-state index >= 15 is 0 Å². The van der Waals surface area contributed by atoms with Gasteiger partial charge in [-0.2, -0.15) is 4.33 Å². The largest absolute Gasteiger partial charge is 1.00 e. The predicted molar refractivity (Wildman–Crippen MR) is 143 cm³/mol. The van der Waals surface area contributed by atoms with E-state index in [1.807, 2.05) is 48.6 Å². The summed E-state index contributed by atoms with van der Waals surface area (Å²) >= 11 is 0.646. The van der Waals surface area contributed by atoms with Gasteiger partial charge in [0.05, 0.1) is 16.9 Å². The molecule has 1 aliphatic carbocycles. The first-order valence-electron chi connectivity index (χ1n) is 12.1. The van der Waals surface area contributed by atoms with Crippen LogP contribution in [0.3, 0.4) is 0 Å². The van der Waals surface area contributed by atoms with E-state index in [0.717, 1.165) is 48.7 Å². The van der Waals surface area contributed by atoms with Gasteiger partial charge in [0.25, 0.3) is 0 Å². The number of allylic oxidation sites excluding steroid dienone is 5. The molecule has 2 aromatic rings. The van der Waals surface area contributed by atoms with Crippen molar-refractivity contribution >= 4 is 39.1 Å². The molecule has 0 aliphatic heterocycles. The van der Waals surface area contributed by atoms with Crippen LogP contribution in [0.5, 0.6) is 0 Å². The molecule has 0 radical (unpaired) electrons. The van der Waals surface area contributed by atoms with Crippen LogP contribution < -0.4 is 39.7 Å². The van der Waals surface area contributed by atoms with E-state index in [4.69, 9.17) is 0 Å². The number of anilines is 1. The Kier molecular flexibility index (Phi) is 13.0. The van der Waals surface area contributed by atoms with Crippen molar-refractivity contribution < 1.29 is 61.7 Å². The molecule has 1 aliphatic rings. The fourth-order valence-corrected chi connectivity index (χ4v) is 5.29. The summed E-state index contributed by atoms with van der Waals surface area (Å²) in [5.74, 6) is 0. The van der Waals surface area contributed by atoms with Crippen LogP contribution in [0.2, 0.25) is 0 Å². The first-order valence-corrected chi connectivity index (χ1v) is 14.2. The summed E-state index contributed by atoms with van der Waals surface area (Å²) in [6.07, 6.45) is 7.92. The van der Waals surface area contributed by atoms with Gasteiger partial charge in [0.15, 0.2) is 5.71 Å². The van der Waals surface area contributed by atoms with Crippen LogP contribution in [-0.2, 0) is 19.5 Å². The van der Waals surface area contributed by atoms with Crippen molar-refractivity contribution in [2.24, 2.45) is 0 Å². The Labute approximate surface area is 251 Å². The summed E-state index contributed by atoms with van der Waals surface area (Å²) in [4.78, 5) is 2.25.